The Kier molecular flexibility index (Phi) is 11.0. The number of hydrogen-bond acceptors (Lipinski definition) is 5. The van der Waals surface area contributed by atoms with Crippen LogP contribution in [0.2, 0.25) is 0 Å². The van der Waals surface area contributed by atoms with E-state index < -0.39 is 6.10 Å². The highest BCUT2D eigenvalue weighted by molar-refractivity contribution is 5.97. The van der Waals surface area contributed by atoms with Crippen molar-refractivity contribution in [2.24, 2.45) is 11.8 Å². The largest absolute Gasteiger partial charge is 0.494 e. The second-order valence-electron chi connectivity index (χ2n) is 7.99. The molecule has 2 N–H and O–H groups in total. The van der Waals surface area contributed by atoms with Gasteiger partial charge in [0, 0.05) is 11.8 Å². The van der Waals surface area contributed by atoms with Crippen LogP contribution in [0.3, 0.4) is 0 Å². The molecule has 0 saturated heterocycles. The molecule has 1 rings (SSSR count). The molecule has 0 heterocycles. The van der Waals surface area contributed by atoms with Crippen molar-refractivity contribution in [3.63, 3.8) is 0 Å². The molecule has 0 saturated carbocycles. The Morgan fingerprint density at radius 1 is 0.966 bits per heavy atom. The Bertz CT molecular complexity index is 669. The molecule has 0 aliphatic heterocycles. The Morgan fingerprint density at radius 3 is 2.03 bits per heavy atom. The van der Waals surface area contributed by atoms with E-state index in [1.807, 2.05) is 13.8 Å². The quantitative estimate of drug-likeness (QED) is 0.495. The van der Waals surface area contributed by atoms with Crippen LogP contribution in [0.4, 0.5) is 0 Å². The summed E-state index contributed by atoms with van der Waals surface area (Å²) >= 11 is 0. The summed E-state index contributed by atoms with van der Waals surface area (Å²) < 4.78 is 10.4. The monoisotopic (exact) mass is 406 g/mol. The maximum Gasteiger partial charge on any atom is 0.204 e. The molecule has 0 radical (unpaired) electrons. The summed E-state index contributed by atoms with van der Waals surface area (Å²) in [6.45, 7) is 8.13. The van der Waals surface area contributed by atoms with Gasteiger partial charge in [-0.15, -0.1) is 0 Å². The average Bonchev–Trinajstić information content (AvgIpc) is 2.70. The van der Waals surface area contributed by atoms with E-state index in [0.717, 1.165) is 31.3 Å². The summed E-state index contributed by atoms with van der Waals surface area (Å²) in [5, 5.41) is 19.7. The molecular weight excluding hydrogens is 368 g/mol. The highest BCUT2D eigenvalue weighted by atomic mass is 16.5. The fraction of sp³-hybridized carbons (Fsp3) is 0.625. The van der Waals surface area contributed by atoms with Gasteiger partial charge in [-0.3, -0.25) is 4.79 Å². The van der Waals surface area contributed by atoms with Gasteiger partial charge >= 0.3 is 0 Å². The number of aliphatic hydroxyl groups excluding tert-OH is 2. The number of hydrogen-bond donors (Lipinski definition) is 2. The molecule has 3 unspecified atom stereocenters. The number of Topliss-reactive ketones (excluding diaryl/α,β-unsaturated/α-hetero) is 1. The lowest BCUT2D eigenvalue weighted by Gasteiger charge is -2.33. The van der Waals surface area contributed by atoms with E-state index in [1.54, 1.807) is 0 Å². The number of methoxy groups -OCH3 is 2. The van der Waals surface area contributed by atoms with Crippen molar-refractivity contribution in [1.29, 1.82) is 0 Å². The molecular formula is C24H38O5. The predicted octanol–water partition coefficient (Wildman–Crippen LogP) is 4.47. The van der Waals surface area contributed by atoms with E-state index >= 15 is 0 Å². The molecule has 0 aromatic rings. The fourth-order valence-corrected chi connectivity index (χ4v) is 3.57. The van der Waals surface area contributed by atoms with Crippen molar-refractivity contribution in [2.75, 3.05) is 20.8 Å². The first-order chi connectivity index (χ1) is 13.8. The van der Waals surface area contributed by atoms with E-state index in [4.69, 9.17) is 14.6 Å². The highest BCUT2D eigenvalue weighted by Crippen LogP contribution is 2.35. The molecule has 0 spiro atoms. The SMILES string of the molecule is COC1=C(OC)C(O)C(CC=C(C)CCC=C(C)CCC=C(C)CO)C(C)C1=O. The van der Waals surface area contributed by atoms with Crippen molar-refractivity contribution in [1.82, 2.24) is 0 Å². The number of rotatable bonds is 11. The molecule has 3 atom stereocenters. The second-order valence-corrected chi connectivity index (χ2v) is 7.99. The number of ether oxygens (including phenoxy) is 2. The van der Waals surface area contributed by atoms with E-state index in [0.29, 0.717) is 6.42 Å². The van der Waals surface area contributed by atoms with E-state index in [2.05, 4.69) is 32.1 Å². The van der Waals surface area contributed by atoms with Gasteiger partial charge in [-0.2, -0.15) is 0 Å². The zero-order valence-electron chi connectivity index (χ0n) is 18.8. The summed E-state index contributed by atoms with van der Waals surface area (Å²) in [5.41, 5.74) is 3.61. The van der Waals surface area contributed by atoms with Gasteiger partial charge in [-0.25, -0.2) is 0 Å². The third-order valence-corrected chi connectivity index (χ3v) is 5.65. The molecule has 0 fully saturated rings. The van der Waals surface area contributed by atoms with Gasteiger partial charge in [0.05, 0.1) is 20.8 Å². The van der Waals surface area contributed by atoms with E-state index in [-0.39, 0.29) is 35.7 Å². The van der Waals surface area contributed by atoms with Gasteiger partial charge in [0.1, 0.15) is 6.10 Å². The minimum absolute atomic E-state index is 0.116. The molecule has 0 bridgehead atoms. The number of carbonyl (C=O) groups is 1. The van der Waals surface area contributed by atoms with Crippen molar-refractivity contribution >= 4 is 5.78 Å². The van der Waals surface area contributed by atoms with Gasteiger partial charge in [0.25, 0.3) is 0 Å². The van der Waals surface area contributed by atoms with Crippen molar-refractivity contribution in [2.45, 2.75) is 65.9 Å². The molecule has 29 heavy (non-hydrogen) atoms. The lowest BCUT2D eigenvalue weighted by atomic mass is 9.77. The zero-order chi connectivity index (χ0) is 22.0. The third-order valence-electron chi connectivity index (χ3n) is 5.65. The summed E-state index contributed by atoms with van der Waals surface area (Å²) in [4.78, 5) is 12.5. The summed E-state index contributed by atoms with van der Waals surface area (Å²) in [6, 6.07) is 0. The molecule has 5 heteroatoms. The van der Waals surface area contributed by atoms with Crippen LogP contribution < -0.4 is 0 Å². The van der Waals surface area contributed by atoms with Crippen molar-refractivity contribution in [3.05, 3.63) is 46.5 Å². The van der Waals surface area contributed by atoms with Crippen LogP contribution in [-0.4, -0.2) is 42.9 Å². The Hall–Kier alpha value is -1.85. The van der Waals surface area contributed by atoms with Crippen LogP contribution in [0.15, 0.2) is 46.5 Å². The Morgan fingerprint density at radius 2 is 1.52 bits per heavy atom. The normalized spacial score (nSPS) is 24.2. The lowest BCUT2D eigenvalue weighted by molar-refractivity contribution is -0.128. The van der Waals surface area contributed by atoms with Crippen molar-refractivity contribution in [3.8, 4) is 0 Å². The maximum atomic E-state index is 12.5. The lowest BCUT2D eigenvalue weighted by Crippen LogP contribution is -2.40. The van der Waals surface area contributed by atoms with Gasteiger partial charge < -0.3 is 19.7 Å². The molecule has 1 aliphatic rings. The topological polar surface area (TPSA) is 76.0 Å². The minimum Gasteiger partial charge on any atom is -0.494 e. The molecule has 1 aliphatic carbocycles. The standard InChI is InChI=1S/C24H38O5/c1-16(10-8-12-18(3)15-25)9-7-11-17(2)13-14-20-19(4)21(26)23(28-5)24(29-6)22(20)27/h9,12-13,19-20,22,25,27H,7-8,10-11,14-15H2,1-6H3. The molecule has 164 valence electrons. The van der Waals surface area contributed by atoms with Crippen molar-refractivity contribution < 1.29 is 24.5 Å². The van der Waals surface area contributed by atoms with Gasteiger partial charge in [0.15, 0.2) is 5.76 Å². The smallest absolute Gasteiger partial charge is 0.204 e. The maximum absolute atomic E-state index is 12.5. The number of ketones is 1. The summed E-state index contributed by atoms with van der Waals surface area (Å²) in [7, 11) is 2.88. The second kappa shape index (κ2) is 12.7. The molecule has 0 amide bonds. The third kappa shape index (κ3) is 7.48. The minimum atomic E-state index is -0.843. The van der Waals surface area contributed by atoms with Crippen LogP contribution >= 0.6 is 0 Å². The highest BCUT2D eigenvalue weighted by Gasteiger charge is 2.42. The number of allylic oxidation sites excluding steroid dienone is 6. The van der Waals surface area contributed by atoms with Gasteiger partial charge in [0.2, 0.25) is 11.5 Å². The summed E-state index contributed by atoms with van der Waals surface area (Å²) in [5.74, 6) is -0.287. The number of carbonyl (C=O) groups excluding carboxylic acids is 1. The van der Waals surface area contributed by atoms with Crippen LogP contribution in [-0.2, 0) is 14.3 Å². The van der Waals surface area contributed by atoms with Crippen LogP contribution in [0.1, 0.15) is 59.8 Å². The first kappa shape index (κ1) is 25.2. The molecule has 5 nitrogen and oxygen atoms in total. The van der Waals surface area contributed by atoms with Crippen LogP contribution in [0.25, 0.3) is 0 Å². The van der Waals surface area contributed by atoms with E-state index in [1.165, 1.54) is 25.4 Å². The van der Waals surface area contributed by atoms with Gasteiger partial charge in [-0.05, 0) is 52.9 Å². The zero-order valence-corrected chi connectivity index (χ0v) is 18.8. The van der Waals surface area contributed by atoms with Crippen LogP contribution in [0.5, 0.6) is 0 Å². The fourth-order valence-electron chi connectivity index (χ4n) is 3.57. The first-order valence-electron chi connectivity index (χ1n) is 10.4. The van der Waals surface area contributed by atoms with Crippen LogP contribution in [0, 0.1) is 11.8 Å². The Balaban J connectivity index is 2.61. The van der Waals surface area contributed by atoms with E-state index in [9.17, 15) is 9.90 Å². The average molecular weight is 407 g/mol. The molecule has 0 aromatic carbocycles. The molecule has 0 aromatic heterocycles. The van der Waals surface area contributed by atoms with Gasteiger partial charge in [-0.1, -0.05) is 41.9 Å². The first-order valence-corrected chi connectivity index (χ1v) is 10.4. The number of aliphatic hydroxyl groups is 2. The predicted molar refractivity (Wildman–Crippen MR) is 116 cm³/mol. The Labute approximate surface area is 175 Å². The summed E-state index contributed by atoms with van der Waals surface area (Å²) in [6.07, 6.45) is 10.1.